The van der Waals surface area contributed by atoms with Gasteiger partial charge in [0.1, 0.15) is 0 Å². The van der Waals surface area contributed by atoms with Gasteiger partial charge in [-0.15, -0.1) is 0 Å². The van der Waals surface area contributed by atoms with Crippen molar-refractivity contribution in [1.82, 2.24) is 10.2 Å². The van der Waals surface area contributed by atoms with Crippen molar-refractivity contribution in [2.24, 2.45) is 0 Å². The molecule has 0 amide bonds. The molecule has 1 fully saturated rings. The van der Waals surface area contributed by atoms with Crippen molar-refractivity contribution in [3.05, 3.63) is 35.9 Å². The minimum atomic E-state index is 0.310. The molecule has 0 spiro atoms. The monoisotopic (exact) mass is 306 g/mol. The van der Waals surface area contributed by atoms with E-state index < -0.39 is 0 Å². The van der Waals surface area contributed by atoms with Gasteiger partial charge in [0.15, 0.2) is 0 Å². The molecule has 2 rings (SSSR count). The quantitative estimate of drug-likeness (QED) is 0.768. The minimum Gasteiger partial charge on any atom is -0.308 e. The van der Waals surface area contributed by atoms with Gasteiger partial charge in [0.25, 0.3) is 0 Å². The molecular weight excluding hydrogens is 276 g/mol. The number of piperazine rings is 1. The summed E-state index contributed by atoms with van der Waals surface area (Å²) in [5, 5.41) is 3.85. The molecule has 118 valence electrons. The van der Waals surface area contributed by atoms with Gasteiger partial charge in [0, 0.05) is 24.7 Å². The van der Waals surface area contributed by atoms with Crippen LogP contribution in [-0.4, -0.2) is 42.1 Å². The lowest BCUT2D eigenvalue weighted by atomic mass is 9.87. The van der Waals surface area contributed by atoms with Crippen molar-refractivity contribution in [2.45, 2.75) is 44.7 Å². The first kappa shape index (κ1) is 16.9. The maximum Gasteiger partial charge on any atom is 0.0473 e. The molecule has 0 saturated carbocycles. The summed E-state index contributed by atoms with van der Waals surface area (Å²) in [7, 11) is 0. The van der Waals surface area contributed by atoms with Gasteiger partial charge < -0.3 is 5.32 Å². The van der Waals surface area contributed by atoms with Crippen molar-refractivity contribution in [3.63, 3.8) is 0 Å². The van der Waals surface area contributed by atoms with E-state index in [-0.39, 0.29) is 0 Å². The highest BCUT2D eigenvalue weighted by molar-refractivity contribution is 7.98. The highest BCUT2D eigenvalue weighted by Crippen LogP contribution is 2.30. The maximum atomic E-state index is 3.85. The highest BCUT2D eigenvalue weighted by Gasteiger charge is 2.36. The number of rotatable bonds is 7. The number of nitrogens with one attached hydrogen (secondary N) is 1. The number of nitrogens with zero attached hydrogens (tertiary/aromatic N) is 1. The zero-order valence-electron chi connectivity index (χ0n) is 13.8. The van der Waals surface area contributed by atoms with Crippen LogP contribution in [0.2, 0.25) is 0 Å². The lowest BCUT2D eigenvalue weighted by molar-refractivity contribution is 0.0726. The molecular formula is C18H30N2S. The van der Waals surface area contributed by atoms with Crippen LogP contribution in [0.4, 0.5) is 0 Å². The number of hydrogen-bond acceptors (Lipinski definition) is 3. The predicted octanol–water partition coefficient (Wildman–Crippen LogP) is 3.94. The largest absolute Gasteiger partial charge is 0.308 e. The Morgan fingerprint density at radius 2 is 1.95 bits per heavy atom. The number of benzene rings is 1. The Morgan fingerprint density at radius 1 is 1.24 bits per heavy atom. The third-order valence-corrected chi connectivity index (χ3v) is 5.65. The molecule has 1 aromatic rings. The van der Waals surface area contributed by atoms with E-state index in [4.69, 9.17) is 0 Å². The molecule has 1 aliphatic heterocycles. The molecule has 1 unspecified atom stereocenters. The molecule has 2 nitrogen and oxygen atoms in total. The Bertz CT molecular complexity index is 403. The molecule has 1 atom stereocenters. The van der Waals surface area contributed by atoms with Crippen LogP contribution in [0.15, 0.2) is 30.3 Å². The fraction of sp³-hybridized carbons (Fsp3) is 0.667. The van der Waals surface area contributed by atoms with Crippen LogP contribution in [0.3, 0.4) is 0 Å². The SMILES string of the molecule is CCC1(CC)CN(CCCSC)C(c2ccccc2)CN1. The smallest absolute Gasteiger partial charge is 0.0473 e. The molecule has 0 radical (unpaired) electrons. The van der Waals surface area contributed by atoms with E-state index >= 15 is 0 Å². The van der Waals surface area contributed by atoms with Gasteiger partial charge in [0.2, 0.25) is 0 Å². The average molecular weight is 307 g/mol. The van der Waals surface area contributed by atoms with Gasteiger partial charge in [0.05, 0.1) is 0 Å². The van der Waals surface area contributed by atoms with Crippen molar-refractivity contribution >= 4 is 11.8 Å². The lowest BCUT2D eigenvalue weighted by Gasteiger charge is -2.48. The summed E-state index contributed by atoms with van der Waals surface area (Å²) >= 11 is 1.96. The number of hydrogen-bond donors (Lipinski definition) is 1. The summed E-state index contributed by atoms with van der Waals surface area (Å²) in [6, 6.07) is 11.5. The van der Waals surface area contributed by atoms with Gasteiger partial charge >= 0.3 is 0 Å². The molecule has 1 aliphatic rings. The van der Waals surface area contributed by atoms with Crippen LogP contribution in [0.5, 0.6) is 0 Å². The fourth-order valence-electron chi connectivity index (χ4n) is 3.37. The minimum absolute atomic E-state index is 0.310. The van der Waals surface area contributed by atoms with Crippen LogP contribution < -0.4 is 5.32 Å². The van der Waals surface area contributed by atoms with Crippen molar-refractivity contribution in [2.75, 3.05) is 31.6 Å². The summed E-state index contributed by atoms with van der Waals surface area (Å²) in [6.07, 6.45) is 5.91. The average Bonchev–Trinajstić information content (AvgIpc) is 2.56. The number of thioether (sulfide) groups is 1. The van der Waals surface area contributed by atoms with Gasteiger partial charge in [-0.25, -0.2) is 0 Å². The Kier molecular flexibility index (Phi) is 6.59. The van der Waals surface area contributed by atoms with Crippen LogP contribution in [0.1, 0.15) is 44.7 Å². The van der Waals surface area contributed by atoms with Crippen LogP contribution >= 0.6 is 11.8 Å². The second kappa shape index (κ2) is 8.21. The van der Waals surface area contributed by atoms with Crippen LogP contribution in [0.25, 0.3) is 0 Å². The Hall–Kier alpha value is -0.510. The predicted molar refractivity (Wildman–Crippen MR) is 95.1 cm³/mol. The van der Waals surface area contributed by atoms with E-state index in [1.807, 2.05) is 11.8 Å². The topological polar surface area (TPSA) is 15.3 Å². The molecule has 21 heavy (non-hydrogen) atoms. The Balaban J connectivity index is 2.12. The first-order chi connectivity index (χ1) is 10.2. The van der Waals surface area contributed by atoms with Crippen molar-refractivity contribution < 1.29 is 0 Å². The molecule has 0 bridgehead atoms. The molecule has 0 aliphatic carbocycles. The van der Waals surface area contributed by atoms with Crippen LogP contribution in [-0.2, 0) is 0 Å². The van der Waals surface area contributed by atoms with E-state index in [1.54, 1.807) is 0 Å². The molecule has 3 heteroatoms. The standard InChI is InChI=1S/C18H30N2S/c1-4-18(5-2)15-20(12-9-13-21-3)17(14-19-18)16-10-7-6-8-11-16/h6-8,10-11,17,19H,4-5,9,12-15H2,1-3H3. The van der Waals surface area contributed by atoms with Crippen LogP contribution in [0, 0.1) is 0 Å². The first-order valence-electron chi connectivity index (χ1n) is 8.27. The van der Waals surface area contributed by atoms with Crippen molar-refractivity contribution in [1.29, 1.82) is 0 Å². The van der Waals surface area contributed by atoms with E-state index in [2.05, 4.69) is 60.7 Å². The van der Waals surface area contributed by atoms with E-state index in [0.29, 0.717) is 11.6 Å². The van der Waals surface area contributed by atoms with Gasteiger partial charge in [-0.05, 0) is 43.4 Å². The Labute approximate surface area is 134 Å². The van der Waals surface area contributed by atoms with Gasteiger partial charge in [-0.1, -0.05) is 44.2 Å². The fourth-order valence-corrected chi connectivity index (χ4v) is 3.79. The van der Waals surface area contributed by atoms with Crippen molar-refractivity contribution in [3.8, 4) is 0 Å². The second-order valence-electron chi connectivity index (χ2n) is 6.11. The molecule has 1 aromatic carbocycles. The zero-order chi connectivity index (χ0) is 15.1. The lowest BCUT2D eigenvalue weighted by Crippen LogP contribution is -2.60. The highest BCUT2D eigenvalue weighted by atomic mass is 32.2. The van der Waals surface area contributed by atoms with Gasteiger partial charge in [-0.2, -0.15) is 11.8 Å². The van der Waals surface area contributed by atoms with E-state index in [9.17, 15) is 0 Å². The van der Waals surface area contributed by atoms with E-state index in [1.165, 1.54) is 43.7 Å². The third-order valence-electron chi connectivity index (χ3n) is 4.95. The zero-order valence-corrected chi connectivity index (χ0v) is 14.6. The maximum absolute atomic E-state index is 3.85. The second-order valence-corrected chi connectivity index (χ2v) is 7.10. The molecule has 1 heterocycles. The normalized spacial score (nSPS) is 22.3. The summed E-state index contributed by atoms with van der Waals surface area (Å²) in [5.41, 5.74) is 1.76. The van der Waals surface area contributed by atoms with E-state index in [0.717, 1.165) is 6.54 Å². The Morgan fingerprint density at radius 3 is 2.57 bits per heavy atom. The molecule has 1 N–H and O–H groups in total. The summed E-state index contributed by atoms with van der Waals surface area (Å²) in [6.45, 7) is 8.10. The van der Waals surface area contributed by atoms with Gasteiger partial charge in [-0.3, -0.25) is 4.90 Å². The molecule has 1 saturated heterocycles. The third kappa shape index (κ3) is 4.24. The first-order valence-corrected chi connectivity index (χ1v) is 9.67. The summed E-state index contributed by atoms with van der Waals surface area (Å²) in [4.78, 5) is 2.72. The summed E-state index contributed by atoms with van der Waals surface area (Å²) < 4.78 is 0. The molecule has 0 aromatic heterocycles. The summed E-state index contributed by atoms with van der Waals surface area (Å²) in [5.74, 6) is 1.26.